The number of aryl methyl sites for hydroxylation is 2. The SMILES string of the molecule is CCCCOc1ccc(C2C(=C(O)c3ccc(C)cc3)C(=O)C(=O)N2c2nnc(SCc3ccc(C)cc3)s2)cc1OCC. The highest BCUT2D eigenvalue weighted by atomic mass is 32.2. The van der Waals surface area contributed by atoms with Gasteiger partial charge in [0.25, 0.3) is 5.78 Å². The van der Waals surface area contributed by atoms with Gasteiger partial charge in [-0.25, -0.2) is 0 Å². The van der Waals surface area contributed by atoms with E-state index in [4.69, 9.17) is 9.47 Å². The predicted molar refractivity (Wildman–Crippen MR) is 175 cm³/mol. The van der Waals surface area contributed by atoms with Crippen LogP contribution in [0.4, 0.5) is 5.13 Å². The van der Waals surface area contributed by atoms with E-state index in [1.807, 2.05) is 32.9 Å². The number of benzene rings is 3. The smallest absolute Gasteiger partial charge is 0.301 e. The summed E-state index contributed by atoms with van der Waals surface area (Å²) < 4.78 is 12.6. The van der Waals surface area contributed by atoms with Crippen molar-refractivity contribution in [3.8, 4) is 11.5 Å². The van der Waals surface area contributed by atoms with Crippen molar-refractivity contribution in [3.05, 3.63) is 100 Å². The number of amides is 1. The van der Waals surface area contributed by atoms with Gasteiger partial charge in [0.05, 0.1) is 24.8 Å². The Morgan fingerprint density at radius 1 is 0.932 bits per heavy atom. The third-order valence-corrected chi connectivity index (χ3v) is 9.32. The molecular formula is C34H35N3O5S2. The summed E-state index contributed by atoms with van der Waals surface area (Å²) in [6.07, 6.45) is 1.88. The Kier molecular flexibility index (Phi) is 10.0. The van der Waals surface area contributed by atoms with Crippen LogP contribution in [0.5, 0.6) is 11.5 Å². The Balaban J connectivity index is 1.56. The highest BCUT2D eigenvalue weighted by Crippen LogP contribution is 2.45. The van der Waals surface area contributed by atoms with Crippen molar-refractivity contribution in [1.82, 2.24) is 10.2 Å². The molecule has 1 N–H and O–H groups in total. The van der Waals surface area contributed by atoms with Crippen molar-refractivity contribution in [1.29, 1.82) is 0 Å². The van der Waals surface area contributed by atoms with E-state index >= 15 is 0 Å². The molecule has 0 saturated carbocycles. The topological polar surface area (TPSA) is 102 Å². The van der Waals surface area contributed by atoms with Crippen LogP contribution in [0.1, 0.15) is 60.5 Å². The van der Waals surface area contributed by atoms with E-state index in [9.17, 15) is 14.7 Å². The van der Waals surface area contributed by atoms with Gasteiger partial charge in [0.15, 0.2) is 15.8 Å². The Hall–Kier alpha value is -4.15. The lowest BCUT2D eigenvalue weighted by molar-refractivity contribution is -0.132. The number of aliphatic hydroxyl groups is 1. The molecule has 3 aromatic carbocycles. The molecule has 0 radical (unpaired) electrons. The number of aliphatic hydroxyl groups excluding tert-OH is 1. The summed E-state index contributed by atoms with van der Waals surface area (Å²) in [5.41, 5.74) is 4.32. The molecule has 1 aromatic heterocycles. The van der Waals surface area contributed by atoms with Crippen LogP contribution >= 0.6 is 23.1 Å². The van der Waals surface area contributed by atoms with E-state index in [1.54, 1.807) is 30.3 Å². The first-order valence-electron chi connectivity index (χ1n) is 14.6. The Labute approximate surface area is 265 Å². The lowest BCUT2D eigenvalue weighted by atomic mass is 9.95. The number of aromatic nitrogens is 2. The molecule has 0 bridgehead atoms. The molecule has 0 spiro atoms. The molecule has 1 amide bonds. The number of carbonyl (C=O) groups excluding carboxylic acids is 2. The van der Waals surface area contributed by atoms with Gasteiger partial charge in [-0.1, -0.05) is 102 Å². The molecule has 1 aliphatic rings. The summed E-state index contributed by atoms with van der Waals surface area (Å²) >= 11 is 2.74. The largest absolute Gasteiger partial charge is 0.507 e. The zero-order chi connectivity index (χ0) is 31.2. The number of anilines is 1. The molecule has 5 rings (SSSR count). The monoisotopic (exact) mass is 629 g/mol. The molecule has 44 heavy (non-hydrogen) atoms. The maximum atomic E-state index is 13.7. The molecule has 2 heterocycles. The van der Waals surface area contributed by atoms with Crippen LogP contribution in [-0.2, 0) is 15.3 Å². The van der Waals surface area contributed by atoms with Crippen molar-refractivity contribution < 1.29 is 24.2 Å². The number of hydrogen-bond acceptors (Lipinski definition) is 9. The summed E-state index contributed by atoms with van der Waals surface area (Å²) in [7, 11) is 0. The van der Waals surface area contributed by atoms with E-state index < -0.39 is 17.7 Å². The zero-order valence-corrected chi connectivity index (χ0v) is 26.8. The van der Waals surface area contributed by atoms with Crippen LogP contribution in [0, 0.1) is 13.8 Å². The first kappa shape index (κ1) is 31.3. The molecule has 1 aliphatic heterocycles. The summed E-state index contributed by atoms with van der Waals surface area (Å²) in [6, 6.07) is 19.8. The maximum Gasteiger partial charge on any atom is 0.301 e. The average Bonchev–Trinajstić information content (AvgIpc) is 3.59. The van der Waals surface area contributed by atoms with Crippen LogP contribution in [-0.4, -0.2) is 40.2 Å². The maximum absolute atomic E-state index is 13.7. The Morgan fingerprint density at radius 2 is 1.64 bits per heavy atom. The van der Waals surface area contributed by atoms with E-state index in [0.717, 1.165) is 24.0 Å². The number of ether oxygens (including phenoxy) is 2. The summed E-state index contributed by atoms with van der Waals surface area (Å²) in [5, 5.41) is 20.4. The minimum Gasteiger partial charge on any atom is -0.507 e. The first-order valence-corrected chi connectivity index (χ1v) is 16.4. The highest BCUT2D eigenvalue weighted by Gasteiger charge is 2.48. The van der Waals surface area contributed by atoms with E-state index in [2.05, 4.69) is 41.4 Å². The summed E-state index contributed by atoms with van der Waals surface area (Å²) in [5.74, 6) is -0.0779. The van der Waals surface area contributed by atoms with Crippen molar-refractivity contribution >= 4 is 45.7 Å². The van der Waals surface area contributed by atoms with Crippen LogP contribution < -0.4 is 14.4 Å². The van der Waals surface area contributed by atoms with Gasteiger partial charge in [0, 0.05) is 11.3 Å². The van der Waals surface area contributed by atoms with Gasteiger partial charge >= 0.3 is 5.91 Å². The molecule has 1 fully saturated rings. The minimum absolute atomic E-state index is 0.0231. The van der Waals surface area contributed by atoms with Gasteiger partial charge in [-0.3, -0.25) is 14.5 Å². The van der Waals surface area contributed by atoms with Gasteiger partial charge in [-0.15, -0.1) is 10.2 Å². The predicted octanol–water partition coefficient (Wildman–Crippen LogP) is 7.65. The van der Waals surface area contributed by atoms with Crippen LogP contribution in [0.2, 0.25) is 0 Å². The molecule has 10 heteroatoms. The fraction of sp³-hybridized carbons (Fsp3) is 0.294. The molecule has 0 aliphatic carbocycles. The Morgan fingerprint density at radius 3 is 2.32 bits per heavy atom. The zero-order valence-electron chi connectivity index (χ0n) is 25.2. The lowest BCUT2D eigenvalue weighted by Crippen LogP contribution is -2.29. The standard InChI is InChI=1S/C34H35N3O5S2/c1-5-7-18-42-26-17-16-25(19-27(26)41-6-2)29-28(30(38)24-14-10-22(4)11-15-24)31(39)32(40)37(29)33-35-36-34(44-33)43-20-23-12-8-21(3)9-13-23/h8-17,19,29,38H,5-7,18,20H2,1-4H3. The van der Waals surface area contributed by atoms with Crippen LogP contribution in [0.3, 0.4) is 0 Å². The molecular weight excluding hydrogens is 595 g/mol. The van der Waals surface area contributed by atoms with Gasteiger partial charge in [0.2, 0.25) is 5.13 Å². The summed E-state index contributed by atoms with van der Waals surface area (Å²) in [4.78, 5) is 28.6. The van der Waals surface area contributed by atoms with Gasteiger partial charge in [-0.05, 0) is 50.5 Å². The second-order valence-corrected chi connectivity index (χ2v) is 12.7. The number of hydrogen-bond donors (Lipinski definition) is 1. The average molecular weight is 630 g/mol. The molecule has 1 atom stereocenters. The van der Waals surface area contributed by atoms with E-state index in [1.165, 1.54) is 33.6 Å². The minimum atomic E-state index is -0.955. The lowest BCUT2D eigenvalue weighted by Gasteiger charge is -2.23. The van der Waals surface area contributed by atoms with Crippen molar-refractivity contribution in [2.45, 2.75) is 56.7 Å². The molecule has 8 nitrogen and oxygen atoms in total. The van der Waals surface area contributed by atoms with Crippen LogP contribution in [0.25, 0.3) is 5.76 Å². The number of unbranched alkanes of at least 4 members (excludes halogenated alkanes) is 1. The quantitative estimate of drug-likeness (QED) is 0.0426. The molecule has 1 saturated heterocycles. The van der Waals surface area contributed by atoms with Gasteiger partial charge in [0.1, 0.15) is 5.76 Å². The van der Waals surface area contributed by atoms with Crippen molar-refractivity contribution in [2.75, 3.05) is 18.1 Å². The number of Topliss-reactive ketones (excluding diaryl/α,β-unsaturated/α-hetero) is 1. The second-order valence-electron chi connectivity index (χ2n) is 10.5. The van der Waals surface area contributed by atoms with Crippen molar-refractivity contribution in [3.63, 3.8) is 0 Å². The number of carbonyl (C=O) groups is 2. The normalized spacial score (nSPS) is 16.0. The Bertz CT molecular complexity index is 1670. The van der Waals surface area contributed by atoms with Gasteiger partial charge in [-0.2, -0.15) is 0 Å². The molecule has 4 aromatic rings. The number of ketones is 1. The van der Waals surface area contributed by atoms with Gasteiger partial charge < -0.3 is 14.6 Å². The molecule has 1 unspecified atom stereocenters. The fourth-order valence-corrected chi connectivity index (χ4v) is 6.63. The first-order chi connectivity index (χ1) is 21.3. The third kappa shape index (κ3) is 6.81. The number of thioether (sulfide) groups is 1. The van der Waals surface area contributed by atoms with E-state index in [-0.39, 0.29) is 16.5 Å². The summed E-state index contributed by atoms with van der Waals surface area (Å²) in [6.45, 7) is 8.88. The fourth-order valence-electron chi connectivity index (χ4n) is 4.81. The third-order valence-electron chi connectivity index (χ3n) is 7.19. The van der Waals surface area contributed by atoms with Crippen LogP contribution in [0.15, 0.2) is 76.6 Å². The highest BCUT2D eigenvalue weighted by molar-refractivity contribution is 8.00. The number of nitrogens with zero attached hydrogens (tertiary/aromatic N) is 3. The van der Waals surface area contributed by atoms with Crippen molar-refractivity contribution in [2.24, 2.45) is 0 Å². The van der Waals surface area contributed by atoms with E-state index in [0.29, 0.717) is 45.9 Å². The second kappa shape index (κ2) is 14.1. The molecule has 228 valence electrons. The number of rotatable bonds is 12.